The molecule has 0 saturated carbocycles. The summed E-state index contributed by atoms with van der Waals surface area (Å²) in [5.41, 5.74) is 2.91. The van der Waals surface area contributed by atoms with Crippen LogP contribution in [0.2, 0.25) is 0 Å². The van der Waals surface area contributed by atoms with Gasteiger partial charge in [-0.3, -0.25) is 4.79 Å². The lowest BCUT2D eigenvalue weighted by Gasteiger charge is -2.24. The van der Waals surface area contributed by atoms with Crippen LogP contribution in [0.15, 0.2) is 18.2 Å². The molecule has 2 nitrogen and oxygen atoms in total. The Bertz CT molecular complexity index is 369. The predicted octanol–water partition coefficient (Wildman–Crippen LogP) is 3.16. The zero-order chi connectivity index (χ0) is 12.3. The number of aryl methyl sites for hydroxylation is 2. The fourth-order valence-corrected chi connectivity index (χ4v) is 2.07. The van der Waals surface area contributed by atoms with Gasteiger partial charge in [-0.15, -0.1) is 0 Å². The van der Waals surface area contributed by atoms with Gasteiger partial charge in [0.2, 0.25) is 0 Å². The molecule has 0 N–H and O–H groups in total. The number of carbonyl (C=O) groups is 1. The van der Waals surface area contributed by atoms with Crippen LogP contribution in [0.1, 0.15) is 28.4 Å². The minimum atomic E-state index is 0.0996. The van der Waals surface area contributed by atoms with Crippen molar-refractivity contribution < 1.29 is 4.79 Å². The molecule has 16 heavy (non-hydrogen) atoms. The van der Waals surface area contributed by atoms with Crippen LogP contribution in [0, 0.1) is 13.8 Å². The van der Waals surface area contributed by atoms with E-state index in [1.165, 1.54) is 0 Å². The Morgan fingerprint density at radius 3 is 2.31 bits per heavy atom. The lowest BCUT2D eigenvalue weighted by atomic mass is 10.0. The number of halogens is 1. The van der Waals surface area contributed by atoms with Crippen molar-refractivity contribution in [2.75, 3.05) is 12.4 Å². The van der Waals surface area contributed by atoms with Gasteiger partial charge >= 0.3 is 0 Å². The van der Waals surface area contributed by atoms with Crippen molar-refractivity contribution in [3.05, 3.63) is 34.9 Å². The van der Waals surface area contributed by atoms with Crippen LogP contribution in [0.3, 0.4) is 0 Å². The van der Waals surface area contributed by atoms with Crippen LogP contribution in [-0.4, -0.2) is 29.2 Å². The number of nitrogens with zero attached hydrogens (tertiary/aromatic N) is 1. The summed E-state index contributed by atoms with van der Waals surface area (Å²) < 4.78 is 0. The standard InChI is InChI=1S/C13H18BrNO/c1-9-6-5-7-10(2)12(9)13(16)15(4)11(3)8-14/h5-7,11H,8H2,1-4H3. The number of hydrogen-bond acceptors (Lipinski definition) is 1. The molecule has 0 heterocycles. The SMILES string of the molecule is Cc1cccc(C)c1C(=O)N(C)C(C)CBr. The molecule has 88 valence electrons. The molecule has 0 fully saturated rings. The molecular formula is C13H18BrNO. The third-order valence-electron chi connectivity index (χ3n) is 2.90. The van der Waals surface area contributed by atoms with Gasteiger partial charge in [0.1, 0.15) is 0 Å². The molecule has 0 spiro atoms. The molecule has 3 heteroatoms. The fourth-order valence-electron chi connectivity index (χ4n) is 1.63. The van der Waals surface area contributed by atoms with Crippen LogP contribution in [0.4, 0.5) is 0 Å². The van der Waals surface area contributed by atoms with Gasteiger partial charge in [-0.05, 0) is 31.9 Å². The topological polar surface area (TPSA) is 20.3 Å². The Morgan fingerprint density at radius 1 is 1.38 bits per heavy atom. The Kier molecular flexibility index (Phi) is 4.54. The molecule has 0 aromatic heterocycles. The van der Waals surface area contributed by atoms with E-state index in [4.69, 9.17) is 0 Å². The van der Waals surface area contributed by atoms with E-state index in [1.807, 2.05) is 46.0 Å². The molecule has 1 amide bonds. The second-order valence-corrected chi connectivity index (χ2v) is 4.83. The van der Waals surface area contributed by atoms with Crippen molar-refractivity contribution in [2.24, 2.45) is 0 Å². The average molecular weight is 284 g/mol. The summed E-state index contributed by atoms with van der Waals surface area (Å²) >= 11 is 3.40. The van der Waals surface area contributed by atoms with Gasteiger partial charge in [-0.1, -0.05) is 34.1 Å². The molecular weight excluding hydrogens is 266 g/mol. The summed E-state index contributed by atoms with van der Waals surface area (Å²) in [6.07, 6.45) is 0. The molecule has 0 saturated heterocycles. The molecule has 0 aliphatic heterocycles. The lowest BCUT2D eigenvalue weighted by molar-refractivity contribution is 0.0756. The summed E-state index contributed by atoms with van der Waals surface area (Å²) in [6.45, 7) is 5.99. The monoisotopic (exact) mass is 283 g/mol. The second-order valence-electron chi connectivity index (χ2n) is 4.19. The van der Waals surface area contributed by atoms with E-state index in [9.17, 15) is 4.79 Å². The predicted molar refractivity (Wildman–Crippen MR) is 71.3 cm³/mol. The smallest absolute Gasteiger partial charge is 0.254 e. The zero-order valence-electron chi connectivity index (χ0n) is 10.2. The number of benzene rings is 1. The highest BCUT2D eigenvalue weighted by molar-refractivity contribution is 9.09. The summed E-state index contributed by atoms with van der Waals surface area (Å²) in [6, 6.07) is 6.14. The summed E-state index contributed by atoms with van der Waals surface area (Å²) in [7, 11) is 1.85. The van der Waals surface area contributed by atoms with Gasteiger partial charge in [0.25, 0.3) is 5.91 Å². The molecule has 1 aromatic carbocycles. The van der Waals surface area contributed by atoms with E-state index >= 15 is 0 Å². The van der Waals surface area contributed by atoms with Crippen molar-refractivity contribution in [3.63, 3.8) is 0 Å². The number of amides is 1. The molecule has 1 aromatic rings. The minimum absolute atomic E-state index is 0.0996. The first-order chi connectivity index (χ1) is 7.49. The molecule has 0 aliphatic carbocycles. The third kappa shape index (κ3) is 2.64. The van der Waals surface area contributed by atoms with E-state index in [-0.39, 0.29) is 11.9 Å². The van der Waals surface area contributed by atoms with Crippen LogP contribution in [0.5, 0.6) is 0 Å². The maximum atomic E-state index is 12.3. The first-order valence-corrected chi connectivity index (χ1v) is 6.50. The average Bonchev–Trinajstić information content (AvgIpc) is 2.26. The van der Waals surface area contributed by atoms with Gasteiger partial charge in [-0.25, -0.2) is 0 Å². The quantitative estimate of drug-likeness (QED) is 0.781. The minimum Gasteiger partial charge on any atom is -0.338 e. The summed E-state index contributed by atoms with van der Waals surface area (Å²) in [5, 5.41) is 0.792. The number of alkyl halides is 1. The van der Waals surface area contributed by atoms with E-state index < -0.39 is 0 Å². The van der Waals surface area contributed by atoms with Crippen LogP contribution < -0.4 is 0 Å². The highest BCUT2D eigenvalue weighted by atomic mass is 79.9. The van der Waals surface area contributed by atoms with Gasteiger partial charge in [0, 0.05) is 24.0 Å². The molecule has 0 aliphatic rings. The van der Waals surface area contributed by atoms with E-state index in [0.717, 1.165) is 22.0 Å². The van der Waals surface area contributed by atoms with E-state index in [2.05, 4.69) is 15.9 Å². The lowest BCUT2D eigenvalue weighted by Crippen LogP contribution is -2.36. The van der Waals surface area contributed by atoms with Crippen LogP contribution in [0.25, 0.3) is 0 Å². The molecule has 0 radical (unpaired) electrons. The number of carbonyl (C=O) groups excluding carboxylic acids is 1. The van der Waals surface area contributed by atoms with E-state index in [0.29, 0.717) is 0 Å². The van der Waals surface area contributed by atoms with Gasteiger partial charge in [0.15, 0.2) is 0 Å². The molecule has 0 bridgehead atoms. The molecule has 1 rings (SSSR count). The number of hydrogen-bond donors (Lipinski definition) is 0. The third-order valence-corrected chi connectivity index (χ3v) is 3.84. The maximum absolute atomic E-state index is 12.3. The molecule has 1 unspecified atom stereocenters. The Labute approximate surface area is 106 Å². The zero-order valence-corrected chi connectivity index (χ0v) is 11.8. The van der Waals surface area contributed by atoms with E-state index in [1.54, 1.807) is 4.90 Å². The van der Waals surface area contributed by atoms with Gasteiger partial charge in [-0.2, -0.15) is 0 Å². The Morgan fingerprint density at radius 2 is 1.88 bits per heavy atom. The van der Waals surface area contributed by atoms with Crippen molar-refractivity contribution in [1.82, 2.24) is 4.90 Å². The van der Waals surface area contributed by atoms with Crippen LogP contribution >= 0.6 is 15.9 Å². The first-order valence-electron chi connectivity index (χ1n) is 5.38. The summed E-state index contributed by atoms with van der Waals surface area (Å²) in [4.78, 5) is 14.1. The van der Waals surface area contributed by atoms with Crippen molar-refractivity contribution in [1.29, 1.82) is 0 Å². The van der Waals surface area contributed by atoms with Crippen molar-refractivity contribution in [2.45, 2.75) is 26.8 Å². The largest absolute Gasteiger partial charge is 0.338 e. The Hall–Kier alpha value is -0.830. The van der Waals surface area contributed by atoms with Gasteiger partial charge in [0.05, 0.1) is 0 Å². The van der Waals surface area contributed by atoms with Crippen molar-refractivity contribution in [3.8, 4) is 0 Å². The Balaban J connectivity index is 3.05. The van der Waals surface area contributed by atoms with Crippen molar-refractivity contribution >= 4 is 21.8 Å². The highest BCUT2D eigenvalue weighted by Gasteiger charge is 2.19. The second kappa shape index (κ2) is 5.48. The molecule has 1 atom stereocenters. The van der Waals surface area contributed by atoms with Crippen LogP contribution in [-0.2, 0) is 0 Å². The van der Waals surface area contributed by atoms with Gasteiger partial charge < -0.3 is 4.90 Å². The highest BCUT2D eigenvalue weighted by Crippen LogP contribution is 2.16. The summed E-state index contributed by atoms with van der Waals surface area (Å²) in [5.74, 6) is 0.0996. The first kappa shape index (κ1) is 13.2. The normalized spacial score (nSPS) is 12.3. The maximum Gasteiger partial charge on any atom is 0.254 e. The fraction of sp³-hybridized carbons (Fsp3) is 0.462. The number of rotatable bonds is 3.